The Morgan fingerprint density at radius 1 is 0.966 bits per heavy atom. The van der Waals surface area contributed by atoms with Gasteiger partial charge in [-0.1, -0.05) is 61.0 Å². The third-order valence-electron chi connectivity index (χ3n) is 11.7. The van der Waals surface area contributed by atoms with Crippen molar-refractivity contribution in [2.45, 2.75) is 82.8 Å². The number of carbonyl (C=O) groups excluding carboxylic acids is 1. The highest BCUT2D eigenvalue weighted by Gasteiger charge is 2.42. The predicted octanol–water partition coefficient (Wildman–Crippen LogP) is 7.29. The quantitative estimate of drug-likeness (QED) is 0.102. The zero-order chi connectivity index (χ0) is 41.3. The molecule has 12 nitrogen and oxygen atoms in total. The van der Waals surface area contributed by atoms with E-state index in [0.29, 0.717) is 67.4 Å². The molecule has 2 aromatic heterocycles. The first-order valence-corrected chi connectivity index (χ1v) is 19.8. The molecule has 2 aromatic carbocycles. The van der Waals surface area contributed by atoms with Gasteiger partial charge in [-0.2, -0.15) is 18.2 Å². The smallest absolute Gasteiger partial charge is 0.437 e. The predicted molar refractivity (Wildman–Crippen MR) is 213 cm³/mol. The van der Waals surface area contributed by atoms with Gasteiger partial charge >= 0.3 is 12.1 Å². The first-order chi connectivity index (χ1) is 27.8. The van der Waals surface area contributed by atoms with Crippen molar-refractivity contribution < 1.29 is 37.3 Å². The normalized spacial score (nSPS) is 21.6. The van der Waals surface area contributed by atoms with Crippen LogP contribution in [0.1, 0.15) is 73.1 Å². The van der Waals surface area contributed by atoms with Crippen molar-refractivity contribution in [1.82, 2.24) is 30.5 Å². The van der Waals surface area contributed by atoms with Crippen LogP contribution in [0.4, 0.5) is 19.0 Å². The number of nitrogens with zero attached hydrogens (tertiary/aromatic N) is 4. The van der Waals surface area contributed by atoms with E-state index in [-0.39, 0.29) is 42.0 Å². The maximum Gasteiger partial charge on any atom is 0.437 e. The fourth-order valence-electron chi connectivity index (χ4n) is 8.75. The second kappa shape index (κ2) is 17.1. The number of ether oxygens (including phenoxy) is 2. The summed E-state index contributed by atoms with van der Waals surface area (Å²) in [6.45, 7) is 2.95. The Bertz CT molecular complexity index is 2190. The number of aliphatic carboxylic acids is 1. The van der Waals surface area contributed by atoms with Gasteiger partial charge in [-0.15, -0.1) is 0 Å². The number of rotatable bonds is 14. The standard InChI is InChI=1S/C42H47ClF3N7O5/c1-22-11-17-33(35(22)41(55)56)53(2)21-32-40(58-4)52-38(37(49-32)42(44,45)46)50-30-16-14-26-25(7-5-8-27(26)30)28-9-6-10-29(36(28)43)31-15-12-23(39(51-31)57-3)19-47-20-24-13-18-34(54)48-24/h5-10,12,15,22,24,30,33,35,47H,11,13-14,16-21H2,1-4H3,(H,48,54)(H,50,52)(H,55,56)/t22-,24+,30+,33+,35-/m1/s1. The molecule has 1 aliphatic heterocycles. The van der Waals surface area contributed by atoms with Crippen molar-refractivity contribution in [2.24, 2.45) is 11.8 Å². The molecule has 4 N–H and O–H groups in total. The Hall–Kier alpha value is -4.99. The van der Waals surface area contributed by atoms with Crippen LogP contribution in [0.25, 0.3) is 22.4 Å². The van der Waals surface area contributed by atoms with E-state index in [2.05, 4.69) is 25.9 Å². The van der Waals surface area contributed by atoms with E-state index in [1.807, 2.05) is 55.5 Å². The summed E-state index contributed by atoms with van der Waals surface area (Å²) < 4.78 is 55.2. The lowest BCUT2D eigenvalue weighted by Gasteiger charge is -2.29. The van der Waals surface area contributed by atoms with Crippen molar-refractivity contribution in [2.75, 3.05) is 33.1 Å². The van der Waals surface area contributed by atoms with E-state index in [1.54, 1.807) is 19.1 Å². The van der Waals surface area contributed by atoms with Crippen LogP contribution in [-0.2, 0) is 35.3 Å². The Morgan fingerprint density at radius 3 is 2.41 bits per heavy atom. The van der Waals surface area contributed by atoms with E-state index in [0.717, 1.165) is 34.2 Å². The van der Waals surface area contributed by atoms with Gasteiger partial charge in [0.05, 0.1) is 36.9 Å². The number of carboxylic acid groups (broad SMARTS) is 1. The van der Waals surface area contributed by atoms with Gasteiger partial charge in [-0.25, -0.2) is 9.97 Å². The fraction of sp³-hybridized carbons (Fsp3) is 0.452. The largest absolute Gasteiger partial charge is 0.481 e. The van der Waals surface area contributed by atoms with Crippen LogP contribution in [0.2, 0.25) is 5.02 Å². The summed E-state index contributed by atoms with van der Waals surface area (Å²) in [6, 6.07) is 14.4. The number of carbonyl (C=O) groups is 2. The molecule has 0 bridgehead atoms. The number of amides is 1. The highest BCUT2D eigenvalue weighted by Crippen LogP contribution is 2.45. The van der Waals surface area contributed by atoms with Crippen LogP contribution in [0, 0.1) is 11.8 Å². The molecule has 5 atom stereocenters. The summed E-state index contributed by atoms with van der Waals surface area (Å²) in [5.74, 6) is -1.62. The third-order valence-corrected chi connectivity index (χ3v) is 12.1. The number of pyridine rings is 1. The number of aromatic nitrogens is 3. The van der Waals surface area contributed by atoms with Gasteiger partial charge in [0.25, 0.3) is 0 Å². The van der Waals surface area contributed by atoms with Gasteiger partial charge in [0.2, 0.25) is 17.7 Å². The van der Waals surface area contributed by atoms with Crippen LogP contribution < -0.4 is 25.4 Å². The summed E-state index contributed by atoms with van der Waals surface area (Å²) in [5.41, 5.74) is 4.36. The van der Waals surface area contributed by atoms with Gasteiger partial charge < -0.3 is 30.5 Å². The van der Waals surface area contributed by atoms with E-state index in [4.69, 9.17) is 26.1 Å². The molecule has 1 saturated heterocycles. The number of fused-ring (bicyclic) bond motifs is 1. The summed E-state index contributed by atoms with van der Waals surface area (Å²) in [4.78, 5) is 38.5. The molecule has 308 valence electrons. The molecule has 7 rings (SSSR count). The van der Waals surface area contributed by atoms with Crippen LogP contribution in [0.5, 0.6) is 11.8 Å². The molecule has 16 heteroatoms. The number of alkyl halides is 3. The second-order valence-corrected chi connectivity index (χ2v) is 15.7. The second-order valence-electron chi connectivity index (χ2n) is 15.4. The number of benzene rings is 2. The minimum atomic E-state index is -4.84. The molecule has 0 unspecified atom stereocenters. The average molecular weight is 822 g/mol. The van der Waals surface area contributed by atoms with Gasteiger partial charge in [-0.05, 0) is 67.8 Å². The van der Waals surface area contributed by atoms with Gasteiger partial charge in [0.15, 0.2) is 11.5 Å². The van der Waals surface area contributed by atoms with Gasteiger partial charge in [0.1, 0.15) is 5.69 Å². The lowest BCUT2D eigenvalue weighted by atomic mass is 9.94. The number of hydrogen-bond acceptors (Lipinski definition) is 10. The number of hydrogen-bond donors (Lipinski definition) is 4. The zero-order valence-corrected chi connectivity index (χ0v) is 33.5. The van der Waals surface area contributed by atoms with E-state index in [1.165, 1.54) is 7.11 Å². The van der Waals surface area contributed by atoms with Crippen molar-refractivity contribution in [3.05, 3.63) is 81.6 Å². The highest BCUT2D eigenvalue weighted by atomic mass is 35.5. The zero-order valence-electron chi connectivity index (χ0n) is 32.8. The fourth-order valence-corrected chi connectivity index (χ4v) is 9.07. The van der Waals surface area contributed by atoms with E-state index >= 15 is 0 Å². The van der Waals surface area contributed by atoms with Gasteiger partial charge in [-0.3, -0.25) is 14.5 Å². The Labute approximate surface area is 339 Å². The van der Waals surface area contributed by atoms with Crippen LogP contribution in [-0.4, -0.2) is 76.7 Å². The molecule has 0 spiro atoms. The number of anilines is 1. The summed E-state index contributed by atoms with van der Waals surface area (Å²) in [7, 11) is 4.58. The van der Waals surface area contributed by atoms with Crippen molar-refractivity contribution in [3.63, 3.8) is 0 Å². The third kappa shape index (κ3) is 8.43. The molecule has 4 aromatic rings. The number of carboxylic acids is 1. The SMILES string of the molecule is COc1nc(-c2cccc(-c3cccc4c3CC[C@@H]4Nc3nc(OC)c(CN(C)[C@H]4CC[C@@H](C)[C@H]4C(=O)O)nc3C(F)(F)F)c2Cl)ccc1CNC[C@@H]1CCC(=O)N1. The van der Waals surface area contributed by atoms with Crippen molar-refractivity contribution in [1.29, 1.82) is 0 Å². The molecule has 0 radical (unpaired) electrons. The number of halogens is 4. The van der Waals surface area contributed by atoms with E-state index < -0.39 is 35.6 Å². The minimum Gasteiger partial charge on any atom is -0.481 e. The first-order valence-electron chi connectivity index (χ1n) is 19.4. The average Bonchev–Trinajstić information content (AvgIpc) is 3.93. The van der Waals surface area contributed by atoms with Crippen LogP contribution in [0.3, 0.4) is 0 Å². The van der Waals surface area contributed by atoms with Crippen LogP contribution in [0.15, 0.2) is 48.5 Å². The Kier molecular flexibility index (Phi) is 12.1. The Morgan fingerprint density at radius 2 is 1.71 bits per heavy atom. The van der Waals surface area contributed by atoms with Gasteiger partial charge in [0, 0.05) is 54.8 Å². The monoisotopic (exact) mass is 821 g/mol. The molecule has 2 fully saturated rings. The topological polar surface area (TPSA) is 151 Å². The lowest BCUT2D eigenvalue weighted by Crippen LogP contribution is -2.39. The number of nitrogens with one attached hydrogen (secondary N) is 3. The van der Waals surface area contributed by atoms with Crippen molar-refractivity contribution >= 4 is 29.3 Å². The maximum atomic E-state index is 14.7. The number of methoxy groups -OCH3 is 2. The highest BCUT2D eigenvalue weighted by molar-refractivity contribution is 6.36. The first kappa shape index (κ1) is 41.2. The van der Waals surface area contributed by atoms with Crippen LogP contribution >= 0.6 is 11.6 Å². The minimum absolute atomic E-state index is 0.0239. The molecule has 1 saturated carbocycles. The summed E-state index contributed by atoms with van der Waals surface area (Å²) >= 11 is 7.14. The Balaban J connectivity index is 1.12. The maximum absolute atomic E-state index is 14.7. The lowest BCUT2D eigenvalue weighted by molar-refractivity contribution is -0.144. The molecule has 3 aliphatic rings. The molecular formula is C42H47ClF3N7O5. The van der Waals surface area contributed by atoms with E-state index in [9.17, 15) is 27.9 Å². The van der Waals surface area contributed by atoms with Crippen molar-refractivity contribution in [3.8, 4) is 34.1 Å². The molecular weight excluding hydrogens is 775 g/mol. The summed E-state index contributed by atoms with van der Waals surface area (Å²) in [5, 5.41) is 19.7. The molecule has 58 heavy (non-hydrogen) atoms. The molecule has 3 heterocycles. The molecule has 2 aliphatic carbocycles. The summed E-state index contributed by atoms with van der Waals surface area (Å²) in [6.07, 6.45) is -1.12. The molecule has 1 amide bonds.